The Bertz CT molecular complexity index is 1870. The molecule has 0 radical (unpaired) electrons. The molecule has 0 atom stereocenters. The molecule has 0 rings (SSSR count). The first-order chi connectivity index (χ1) is 44.5. The molecule has 578 valence electrons. The molecule has 0 aromatic carbocycles. The van der Waals surface area contributed by atoms with Gasteiger partial charge in [0, 0.05) is 191 Å². The third kappa shape index (κ3) is 35.4. The lowest BCUT2D eigenvalue weighted by atomic mass is 10.5. The van der Waals surface area contributed by atoms with Gasteiger partial charge in [0.25, 0.3) is 0 Å². The van der Waals surface area contributed by atoms with E-state index in [1.165, 1.54) is 0 Å². The molecule has 0 bridgehead atoms. The maximum absolute atomic E-state index is 7.60. The summed E-state index contributed by atoms with van der Waals surface area (Å²) in [4.78, 5) is 0. The van der Waals surface area contributed by atoms with E-state index < -0.39 is 139 Å². The molecule has 0 aliphatic heterocycles. The van der Waals surface area contributed by atoms with Crippen molar-refractivity contribution in [2.45, 2.75) is 189 Å². The van der Waals surface area contributed by atoms with E-state index in [0.717, 1.165) is 12.5 Å². The molecule has 0 saturated carbocycles. The second-order valence-electron chi connectivity index (χ2n) is 27.7. The Labute approximate surface area is 600 Å². The molecule has 0 unspecified atom stereocenters. The van der Waals surface area contributed by atoms with Crippen molar-refractivity contribution in [3.05, 3.63) is 0 Å². The minimum Gasteiger partial charge on any atom is -0.401 e. The maximum Gasteiger partial charge on any atom is 0.636 e. The normalized spacial score (nSPS) is 14.8. The van der Waals surface area contributed by atoms with Gasteiger partial charge in [-0.3, -0.25) is 0 Å². The smallest absolute Gasteiger partial charge is 0.401 e. The zero-order chi connectivity index (χ0) is 74.1. The van der Waals surface area contributed by atoms with Gasteiger partial charge >= 0.3 is 70.9 Å². The first-order valence-corrected chi connectivity index (χ1v) is 71.4. The highest BCUT2D eigenvalue weighted by Gasteiger charge is 2.61. The van der Waals surface area contributed by atoms with Crippen LogP contribution in [0.3, 0.4) is 0 Å². The summed E-state index contributed by atoms with van der Waals surface area (Å²) in [5.41, 5.74) is 0. The molecule has 0 saturated heterocycles. The van der Waals surface area contributed by atoms with Crippen LogP contribution in [0.4, 0.5) is 0 Å². The lowest BCUT2D eigenvalue weighted by molar-refractivity contribution is 0.0858. The Kier molecular flexibility index (Phi) is 46.3. The Morgan fingerprint density at radius 1 is 0.198 bits per heavy atom. The Hall–Kier alpha value is 2.35. The van der Waals surface area contributed by atoms with Crippen molar-refractivity contribution >= 4 is 139 Å². The van der Waals surface area contributed by atoms with E-state index in [2.05, 4.69) is 91.7 Å². The third-order valence-electron chi connectivity index (χ3n) is 17.0. The minimum absolute atomic E-state index is 0.462. The molecule has 0 fully saturated rings. The highest BCUT2D eigenvalue weighted by Crippen LogP contribution is 2.39. The van der Waals surface area contributed by atoms with Crippen LogP contribution in [-0.2, 0) is 122 Å². The molecule has 0 heterocycles. The summed E-state index contributed by atoms with van der Waals surface area (Å²) >= 11 is 0. The van der Waals surface area contributed by atoms with Crippen molar-refractivity contribution in [1.82, 2.24) is 0 Å². The predicted molar refractivity (Wildman–Crippen MR) is 410 cm³/mol. The van der Waals surface area contributed by atoms with E-state index in [-0.39, 0.29) is 0 Å². The van der Waals surface area contributed by atoms with Crippen LogP contribution in [0.25, 0.3) is 0 Å². The van der Waals surface area contributed by atoms with Crippen LogP contribution >= 0.6 is 0 Å². The van der Waals surface area contributed by atoms with E-state index in [0.29, 0.717) is 111 Å². The lowest BCUT2D eigenvalue weighted by Crippen LogP contribution is -2.67. The van der Waals surface area contributed by atoms with Crippen molar-refractivity contribution < 1.29 is 122 Å². The highest BCUT2D eigenvalue weighted by molar-refractivity contribution is 6.93. The number of ether oxygens (including phenoxy) is 2. The molecule has 28 nitrogen and oxygen atoms in total. The van der Waals surface area contributed by atoms with E-state index in [9.17, 15) is 0 Å². The number of rotatable bonds is 63. The van der Waals surface area contributed by atoms with Gasteiger partial charge in [0.1, 0.15) is 0 Å². The summed E-state index contributed by atoms with van der Waals surface area (Å²) < 4.78 is 178. The first kappa shape index (κ1) is 98.4. The molecule has 44 heteroatoms. The molecule has 96 heavy (non-hydrogen) atoms. The van der Waals surface area contributed by atoms with Gasteiger partial charge in [-0.25, -0.2) is 0 Å². The molecule has 0 aromatic rings. The van der Waals surface area contributed by atoms with Crippen molar-refractivity contribution in [2.75, 3.05) is 154 Å². The van der Waals surface area contributed by atoms with Gasteiger partial charge < -0.3 is 122 Å². The SMILES string of the molecule is CO[Si](CC[SiH2]O[Si](O[Si](C)(C)CCOCCCOCCC[Si](C)(C)O[Si](O[Si](C)(C)CC[Si](OC)(OC)OC)(O[Si](C)(C)CC[Si](OC)(OC)OC)O[Si](C)(C)CC[Si](OC)(OC)OC)(O[Si](C)(C)CC[Si](OC)(OC)OC)O[Si](C)(C)CC[Si](OC)(OC)OC)(OC)OC. The van der Waals surface area contributed by atoms with Gasteiger partial charge in [-0.1, -0.05) is 0 Å². The van der Waals surface area contributed by atoms with Gasteiger partial charge in [-0.2, -0.15) is 0 Å². The molecule has 0 amide bonds. The van der Waals surface area contributed by atoms with E-state index in [1.54, 1.807) is 128 Å². The lowest BCUT2D eigenvalue weighted by Gasteiger charge is -2.46. The van der Waals surface area contributed by atoms with Gasteiger partial charge in [0.2, 0.25) is 0 Å². The summed E-state index contributed by atoms with van der Waals surface area (Å²) in [7, 11) is -17.1. The summed E-state index contributed by atoms with van der Waals surface area (Å²) in [5, 5.41) is 0. The largest absolute Gasteiger partial charge is 0.636 e. The topological polar surface area (TPSA) is 258 Å². The standard InChI is InChI=1S/C52H138O28Si16/c1-53-89(54-2,55-3)42-39-81-73-95(75-84(23,24)43-48-90(56-4,57-5)58-6,76-85(25,26)44-49-91(59-7,60-8)61-9)74-83(21,22)41-38-72-36-33-35-71-37-34-40-82(19,20)77-96(78-86(27,28)45-50-92(62-10,63-11)64-12,79-87(29,30)46-51-93(65-13,66-14)67-15)80-88(31,32)47-52-94(68-16,69-17)70-18/h33-52,81H2,1-32H3. The number of hydrogen-bond acceptors (Lipinski definition) is 28. The fourth-order valence-corrected chi connectivity index (χ4v) is 69.8. The van der Waals surface area contributed by atoms with Crippen LogP contribution < -0.4 is 0 Å². The monoisotopic (exact) mass is 1660 g/mol. The fraction of sp³-hybridized carbons (Fsp3) is 1.00. The second-order valence-corrected chi connectivity index (χ2v) is 84.4. The highest BCUT2D eigenvalue weighted by atomic mass is 28.5. The third-order valence-corrected chi connectivity index (χ3v) is 72.2. The number of hydrogen-bond donors (Lipinski definition) is 0. The van der Waals surface area contributed by atoms with Gasteiger partial charge in [-0.05, 0) is 153 Å². The molecule has 0 aliphatic rings. The summed E-state index contributed by atoms with van der Waals surface area (Å²) in [5.74, 6) is 0. The fourth-order valence-electron chi connectivity index (χ4n) is 10.5. The Balaban J connectivity index is 6.96. The van der Waals surface area contributed by atoms with Crippen LogP contribution in [0.1, 0.15) is 12.8 Å². The first-order valence-electron chi connectivity index (χ1n) is 33.1. The molecule has 0 aromatic heterocycles. The Morgan fingerprint density at radius 3 is 0.646 bits per heavy atom. The summed E-state index contributed by atoms with van der Waals surface area (Å²) in [6.45, 7) is 32.4. The van der Waals surface area contributed by atoms with Crippen molar-refractivity contribution in [2.24, 2.45) is 0 Å². The van der Waals surface area contributed by atoms with Gasteiger partial charge in [0.15, 0.2) is 68.0 Å². The molecular formula is C52H138O28Si16. The quantitative estimate of drug-likeness (QED) is 0.0405. The predicted octanol–water partition coefficient (Wildman–Crippen LogP) is 10.0. The molecule has 0 N–H and O–H groups in total. The van der Waals surface area contributed by atoms with Crippen LogP contribution in [0.15, 0.2) is 0 Å². The average Bonchev–Trinajstić information content (AvgIpc) is 0.860. The van der Waals surface area contributed by atoms with Crippen LogP contribution in [-0.4, -0.2) is 293 Å². The van der Waals surface area contributed by atoms with Crippen molar-refractivity contribution in [3.63, 3.8) is 0 Å². The second kappa shape index (κ2) is 45.2. The average molecular weight is 1660 g/mol. The van der Waals surface area contributed by atoms with Gasteiger partial charge in [0.05, 0.1) is 0 Å². The van der Waals surface area contributed by atoms with Crippen LogP contribution in [0.5, 0.6) is 0 Å². The molecular weight excluding hydrogens is 1520 g/mol. The van der Waals surface area contributed by atoms with Crippen LogP contribution in [0, 0.1) is 0 Å². The van der Waals surface area contributed by atoms with E-state index in [4.69, 9.17) is 122 Å². The zero-order valence-corrected chi connectivity index (χ0v) is 82.2. The van der Waals surface area contributed by atoms with Gasteiger partial charge in [-0.15, -0.1) is 0 Å². The minimum atomic E-state index is -4.09. The molecule has 0 spiro atoms. The van der Waals surface area contributed by atoms with E-state index in [1.807, 2.05) is 0 Å². The van der Waals surface area contributed by atoms with Crippen molar-refractivity contribution in [3.8, 4) is 0 Å². The summed E-state index contributed by atoms with van der Waals surface area (Å²) in [6, 6.07) is 8.51. The Morgan fingerprint density at radius 2 is 0.396 bits per heavy atom. The summed E-state index contributed by atoms with van der Waals surface area (Å²) in [6.07, 6.45) is 1.44. The maximum atomic E-state index is 7.60. The zero-order valence-electron chi connectivity index (χ0n) is 65.8. The molecule has 0 aliphatic carbocycles. The van der Waals surface area contributed by atoms with Crippen LogP contribution in [0.2, 0.25) is 176 Å². The van der Waals surface area contributed by atoms with E-state index >= 15 is 0 Å². The van der Waals surface area contributed by atoms with Crippen molar-refractivity contribution in [1.29, 1.82) is 0 Å².